The molecule has 0 aliphatic rings. The Balaban J connectivity index is -0.0000000133. The summed E-state index contributed by atoms with van der Waals surface area (Å²) in [5, 5.41) is 0. The van der Waals surface area contributed by atoms with Gasteiger partial charge in [0.15, 0.2) is 0 Å². The minimum Gasteiger partial charge on any atom is -0.412 e. The molecular formula is C2H12AsNaO5. The van der Waals surface area contributed by atoms with Crippen LogP contribution in [0.4, 0.5) is 0 Å². The Morgan fingerprint density at radius 1 is 1.11 bits per heavy atom. The smallest absolute Gasteiger partial charge is 0.412 e. The summed E-state index contributed by atoms with van der Waals surface area (Å²) in [7, 11) is 0. The molecule has 0 atom stereocenters. The second-order valence-electron chi connectivity index (χ2n) is 1.25. The zero-order valence-electron chi connectivity index (χ0n) is 5.76. The molecule has 0 unspecified atom stereocenters. The van der Waals surface area contributed by atoms with Gasteiger partial charge in [-0.2, -0.15) is 0 Å². The molecule has 0 radical (unpaired) electrons. The van der Waals surface area contributed by atoms with Crippen molar-refractivity contribution in [1.82, 2.24) is 0 Å². The van der Waals surface area contributed by atoms with E-state index >= 15 is 0 Å². The maximum Gasteiger partial charge on any atom is 1.00 e. The second kappa shape index (κ2) is 11.9. The fraction of sp³-hybridized carbons (Fsp3) is 1.00. The Hall–Kier alpha value is 1.20. The topological polar surface area (TPSA) is 135 Å². The van der Waals surface area contributed by atoms with E-state index in [1.807, 2.05) is 0 Å². The minimum atomic E-state index is -3.38. The third kappa shape index (κ3) is 332. The minimum absolute atomic E-state index is 0. The van der Waals surface area contributed by atoms with E-state index in [0.29, 0.717) is 0 Å². The first-order chi connectivity index (χ1) is 2.00. The van der Waals surface area contributed by atoms with Crippen LogP contribution in [0.2, 0.25) is 11.4 Å². The van der Waals surface area contributed by atoms with Gasteiger partial charge in [0.2, 0.25) is 0 Å². The molecule has 0 aromatic heterocycles. The van der Waals surface area contributed by atoms with Crippen LogP contribution in [0.15, 0.2) is 0 Å². The summed E-state index contributed by atoms with van der Waals surface area (Å²) in [6, 6.07) is 0. The Bertz CT molecular complexity index is 61.1. The fourth-order valence-corrected chi connectivity index (χ4v) is 0. The first kappa shape index (κ1) is 31.9. The van der Waals surface area contributed by atoms with Gasteiger partial charge in [0.1, 0.15) is 0 Å². The summed E-state index contributed by atoms with van der Waals surface area (Å²) < 4.78 is 19.4. The normalized spacial score (nSPS) is 6.56. The molecule has 0 aromatic rings. The summed E-state index contributed by atoms with van der Waals surface area (Å²) in [6.07, 6.45) is 0. The predicted molar refractivity (Wildman–Crippen MR) is 29.0 cm³/mol. The molecule has 0 saturated heterocycles. The van der Waals surface area contributed by atoms with E-state index < -0.39 is 13.8 Å². The summed E-state index contributed by atoms with van der Waals surface area (Å²) in [4.78, 5) is 0. The van der Waals surface area contributed by atoms with Crippen LogP contribution in [0.3, 0.4) is 0 Å². The largest absolute Gasteiger partial charge is 1.00 e. The molecule has 0 spiro atoms. The molecule has 0 bridgehead atoms. The quantitative estimate of drug-likeness (QED) is 0.371. The summed E-state index contributed by atoms with van der Waals surface area (Å²) in [6.45, 7) is 0. The summed E-state index contributed by atoms with van der Waals surface area (Å²) in [5.74, 6) is 0. The number of hydrogen-bond acceptors (Lipinski definition) is 2. The monoisotopic (exact) mass is 214 g/mol. The summed E-state index contributed by atoms with van der Waals surface area (Å²) in [5.41, 5.74) is 2.50. The van der Waals surface area contributed by atoms with E-state index in [1.54, 1.807) is 0 Å². The van der Waals surface area contributed by atoms with Crippen molar-refractivity contribution in [3.05, 3.63) is 0 Å². The molecule has 0 heterocycles. The number of rotatable bonds is 0. The van der Waals surface area contributed by atoms with Crippen molar-refractivity contribution in [2.24, 2.45) is 0 Å². The first-order valence-corrected chi connectivity index (χ1v) is 6.54. The van der Waals surface area contributed by atoms with E-state index in [9.17, 15) is 7.84 Å². The molecule has 9 heavy (non-hydrogen) atoms. The Morgan fingerprint density at radius 3 is 1.11 bits per heavy atom. The van der Waals surface area contributed by atoms with Crippen molar-refractivity contribution in [2.45, 2.75) is 11.4 Å². The molecule has 6 N–H and O–H groups in total. The SMILES string of the molecule is C[As](C)(=O)[O-].O.O.O.[Na+]. The Kier molecular flexibility index (Phi) is 42.3. The van der Waals surface area contributed by atoms with Crippen molar-refractivity contribution in [1.29, 1.82) is 0 Å². The molecule has 0 fully saturated rings. The second-order valence-corrected chi connectivity index (χ2v) is 6.51. The standard InChI is InChI=1S/C2H7AsO2.Na.3H2O/c1-3(2,4)5;;;;/h1-2H3,(H,4,5);;3*1H2/q;+1;;;/p-1. The van der Waals surface area contributed by atoms with Crippen LogP contribution in [-0.4, -0.2) is 30.3 Å². The van der Waals surface area contributed by atoms with Crippen molar-refractivity contribution >= 4 is 13.8 Å². The van der Waals surface area contributed by atoms with Crippen LogP contribution in [-0.2, 0) is 3.74 Å². The maximum absolute atomic E-state index is 9.72. The van der Waals surface area contributed by atoms with Gasteiger partial charge in [-0.1, -0.05) is 0 Å². The van der Waals surface area contributed by atoms with Gasteiger partial charge < -0.3 is 16.4 Å². The van der Waals surface area contributed by atoms with Gasteiger partial charge in [0, 0.05) is 0 Å². The van der Waals surface area contributed by atoms with Gasteiger partial charge in [0.05, 0.1) is 0 Å². The van der Waals surface area contributed by atoms with Gasteiger partial charge >= 0.3 is 62.6 Å². The van der Waals surface area contributed by atoms with Gasteiger partial charge in [-0.15, -0.1) is 0 Å². The van der Waals surface area contributed by atoms with E-state index in [2.05, 4.69) is 0 Å². The zero-order chi connectivity index (χ0) is 4.50. The van der Waals surface area contributed by atoms with Gasteiger partial charge in [-0.05, 0) is 0 Å². The summed E-state index contributed by atoms with van der Waals surface area (Å²) >= 11 is -3.38. The van der Waals surface area contributed by atoms with Crippen molar-refractivity contribution in [3.63, 3.8) is 0 Å². The van der Waals surface area contributed by atoms with Crippen molar-refractivity contribution in [2.75, 3.05) is 0 Å². The van der Waals surface area contributed by atoms with Gasteiger partial charge in [0.25, 0.3) is 0 Å². The van der Waals surface area contributed by atoms with Crippen LogP contribution >= 0.6 is 0 Å². The van der Waals surface area contributed by atoms with E-state index in [4.69, 9.17) is 0 Å². The van der Waals surface area contributed by atoms with Crippen LogP contribution in [0.1, 0.15) is 0 Å². The number of hydrogen-bond donors (Lipinski definition) is 0. The van der Waals surface area contributed by atoms with Crippen LogP contribution in [0.25, 0.3) is 0 Å². The molecule has 0 rings (SSSR count). The van der Waals surface area contributed by atoms with E-state index in [0.717, 1.165) is 0 Å². The average molecular weight is 214 g/mol. The molecule has 0 aliphatic carbocycles. The molecule has 7 heteroatoms. The fourth-order valence-electron chi connectivity index (χ4n) is 0. The molecule has 0 aromatic carbocycles. The van der Waals surface area contributed by atoms with Crippen LogP contribution in [0.5, 0.6) is 0 Å². The van der Waals surface area contributed by atoms with E-state index in [1.165, 1.54) is 11.4 Å². The van der Waals surface area contributed by atoms with Crippen molar-refractivity contribution < 1.29 is 53.8 Å². The average Bonchev–Trinajstić information content (AvgIpc) is 0.722. The first-order valence-electron chi connectivity index (χ1n) is 1.26. The third-order valence-corrected chi connectivity index (χ3v) is 0. The molecule has 5 nitrogen and oxygen atoms in total. The molecule has 0 amide bonds. The maximum atomic E-state index is 9.72. The van der Waals surface area contributed by atoms with Crippen LogP contribution < -0.4 is 33.7 Å². The molecule has 0 aliphatic heterocycles. The molecule has 56 valence electrons. The Morgan fingerprint density at radius 2 is 1.11 bits per heavy atom. The predicted octanol–water partition coefficient (Wildman–Crippen LogP) is -5.99. The van der Waals surface area contributed by atoms with Crippen LogP contribution in [0, 0.1) is 0 Å². The zero-order valence-corrected chi connectivity index (χ0v) is 9.64. The van der Waals surface area contributed by atoms with E-state index in [-0.39, 0.29) is 46.0 Å². The molecular weight excluding hydrogens is 202 g/mol. The van der Waals surface area contributed by atoms with Gasteiger partial charge in [-0.3, -0.25) is 0 Å². The Labute approximate surface area is 78.7 Å². The van der Waals surface area contributed by atoms with Gasteiger partial charge in [-0.25, -0.2) is 0 Å². The third-order valence-electron chi connectivity index (χ3n) is 0. The van der Waals surface area contributed by atoms with Crippen molar-refractivity contribution in [3.8, 4) is 0 Å². The molecule has 0 saturated carbocycles.